The smallest absolute Gasteiger partial charge is 0.221 e. The van der Waals surface area contributed by atoms with Crippen molar-refractivity contribution in [2.24, 2.45) is 0 Å². The summed E-state index contributed by atoms with van der Waals surface area (Å²) in [4.78, 5) is 27.6. The highest BCUT2D eigenvalue weighted by Gasteiger charge is 2.11. The first-order valence-electron chi connectivity index (χ1n) is 9.27. The molecule has 3 rings (SSSR count). The normalized spacial score (nSPS) is 12.4. The zero-order chi connectivity index (χ0) is 21.7. The van der Waals surface area contributed by atoms with Gasteiger partial charge in [-0.2, -0.15) is 0 Å². The molecule has 0 bridgehead atoms. The SMILES string of the molecule is C.C.COc1ccc2nc3cc(Cl)ccc3c(NCCC(=O)NCCOP(C)(=O)[O-])c2c1. The second-order valence-corrected chi connectivity index (χ2v) is 8.90. The van der Waals surface area contributed by atoms with E-state index in [2.05, 4.69) is 20.1 Å². The number of benzene rings is 2. The summed E-state index contributed by atoms with van der Waals surface area (Å²) in [6.45, 7) is 1.39. The van der Waals surface area contributed by atoms with E-state index in [1.807, 2.05) is 24.3 Å². The molecule has 0 saturated carbocycles. The summed E-state index contributed by atoms with van der Waals surface area (Å²) in [7, 11) is -2.19. The van der Waals surface area contributed by atoms with Gasteiger partial charge in [-0.1, -0.05) is 26.5 Å². The van der Waals surface area contributed by atoms with E-state index in [0.717, 1.165) is 34.2 Å². The number of methoxy groups -OCH3 is 1. The molecule has 1 amide bonds. The highest BCUT2D eigenvalue weighted by atomic mass is 35.5. The largest absolute Gasteiger partial charge is 0.779 e. The third kappa shape index (κ3) is 7.35. The number of carbonyl (C=O) groups excluding carboxylic acids is 1. The maximum atomic E-state index is 12.0. The summed E-state index contributed by atoms with van der Waals surface area (Å²) in [6.07, 6.45) is 0.198. The van der Waals surface area contributed by atoms with Crippen molar-refractivity contribution in [1.29, 1.82) is 0 Å². The summed E-state index contributed by atoms with van der Waals surface area (Å²) in [5, 5.41) is 8.28. The summed E-state index contributed by atoms with van der Waals surface area (Å²) < 4.78 is 20.9. The van der Waals surface area contributed by atoms with Crippen LogP contribution in [-0.4, -0.2) is 44.4 Å². The topological polar surface area (TPSA) is 113 Å². The Morgan fingerprint density at radius 2 is 1.88 bits per heavy atom. The molecule has 1 heterocycles. The number of anilines is 1. The molecule has 8 nitrogen and oxygen atoms in total. The van der Waals surface area contributed by atoms with E-state index in [0.29, 0.717) is 17.3 Å². The molecule has 176 valence electrons. The summed E-state index contributed by atoms with van der Waals surface area (Å²) >= 11 is 6.12. The van der Waals surface area contributed by atoms with Gasteiger partial charge in [0.15, 0.2) is 0 Å². The van der Waals surface area contributed by atoms with Crippen molar-refractivity contribution in [3.05, 3.63) is 41.4 Å². The molecule has 0 aliphatic carbocycles. The quantitative estimate of drug-likeness (QED) is 0.263. The predicted octanol–water partition coefficient (Wildman–Crippen LogP) is 4.44. The van der Waals surface area contributed by atoms with Crippen LogP contribution >= 0.6 is 19.2 Å². The Balaban J connectivity index is 0.00000256. The van der Waals surface area contributed by atoms with Crippen LogP contribution < -0.4 is 20.3 Å². The Morgan fingerprint density at radius 1 is 1.12 bits per heavy atom. The lowest BCUT2D eigenvalue weighted by atomic mass is 10.1. The molecule has 1 aromatic heterocycles. The van der Waals surface area contributed by atoms with Crippen LogP contribution in [0.3, 0.4) is 0 Å². The van der Waals surface area contributed by atoms with E-state index in [1.165, 1.54) is 0 Å². The lowest BCUT2D eigenvalue weighted by molar-refractivity contribution is -0.196. The zero-order valence-electron chi connectivity index (χ0n) is 16.6. The molecular weight excluding hydrogens is 453 g/mol. The van der Waals surface area contributed by atoms with Gasteiger partial charge in [-0.3, -0.25) is 4.79 Å². The fraction of sp³-hybridized carbons (Fsp3) is 0.364. The third-order valence-electron chi connectivity index (χ3n) is 4.35. The van der Waals surface area contributed by atoms with Crippen LogP contribution in [0.4, 0.5) is 5.69 Å². The van der Waals surface area contributed by atoms with Crippen LogP contribution in [0.2, 0.25) is 5.02 Å². The maximum Gasteiger partial charge on any atom is 0.221 e. The van der Waals surface area contributed by atoms with Gasteiger partial charge in [0.25, 0.3) is 0 Å². The van der Waals surface area contributed by atoms with Gasteiger partial charge < -0.3 is 29.4 Å². The summed E-state index contributed by atoms with van der Waals surface area (Å²) in [5.74, 6) is 0.483. The second kappa shape index (κ2) is 12.0. The van der Waals surface area contributed by atoms with E-state index in [1.54, 1.807) is 19.2 Å². The van der Waals surface area contributed by atoms with Gasteiger partial charge in [-0.15, -0.1) is 0 Å². The fourth-order valence-electron chi connectivity index (χ4n) is 3.01. The number of pyridine rings is 1. The lowest BCUT2D eigenvalue weighted by Gasteiger charge is -2.17. The highest BCUT2D eigenvalue weighted by Crippen LogP contribution is 2.34. The number of amides is 1. The molecule has 2 N–H and O–H groups in total. The van der Waals surface area contributed by atoms with Crippen LogP contribution in [-0.2, 0) is 13.9 Å². The van der Waals surface area contributed by atoms with Crippen molar-refractivity contribution in [3.8, 4) is 5.75 Å². The summed E-state index contributed by atoms with van der Waals surface area (Å²) in [5.41, 5.74) is 2.35. The van der Waals surface area contributed by atoms with Crippen LogP contribution in [0.15, 0.2) is 36.4 Å². The number of nitrogens with one attached hydrogen (secondary N) is 2. The molecule has 10 heteroatoms. The minimum atomic E-state index is -3.78. The fourth-order valence-corrected chi connectivity index (χ4v) is 3.59. The van der Waals surface area contributed by atoms with Crippen LogP contribution in [0.1, 0.15) is 21.3 Å². The molecule has 0 aliphatic heterocycles. The van der Waals surface area contributed by atoms with Crippen molar-refractivity contribution >= 4 is 52.6 Å². The second-order valence-electron chi connectivity index (χ2n) is 6.66. The van der Waals surface area contributed by atoms with Gasteiger partial charge in [0, 0.05) is 42.0 Å². The van der Waals surface area contributed by atoms with Gasteiger partial charge in [-0.25, -0.2) is 4.98 Å². The monoisotopic (exact) mass is 482 g/mol. The molecule has 1 unspecified atom stereocenters. The van der Waals surface area contributed by atoms with E-state index in [9.17, 15) is 14.3 Å². The Morgan fingerprint density at radius 3 is 2.56 bits per heavy atom. The molecule has 2 aromatic carbocycles. The molecule has 0 radical (unpaired) electrons. The number of hydrogen-bond donors (Lipinski definition) is 2. The number of ether oxygens (including phenoxy) is 1. The lowest BCUT2D eigenvalue weighted by Crippen LogP contribution is -2.28. The average Bonchev–Trinajstić information content (AvgIpc) is 2.69. The van der Waals surface area contributed by atoms with Crippen molar-refractivity contribution in [3.63, 3.8) is 0 Å². The van der Waals surface area contributed by atoms with Gasteiger partial charge in [-0.05, 0) is 36.4 Å². The first-order chi connectivity index (χ1) is 14.3. The Hall–Kier alpha value is -2.38. The van der Waals surface area contributed by atoms with Crippen LogP contribution in [0.5, 0.6) is 5.75 Å². The minimum Gasteiger partial charge on any atom is -0.779 e. The highest BCUT2D eigenvalue weighted by molar-refractivity contribution is 7.50. The number of fused-ring (bicyclic) bond motifs is 2. The Bertz CT molecular complexity index is 1120. The van der Waals surface area contributed by atoms with Crippen molar-refractivity contribution in [2.75, 3.05) is 38.8 Å². The van der Waals surface area contributed by atoms with E-state index in [-0.39, 0.29) is 40.3 Å². The molecule has 0 saturated heterocycles. The molecule has 0 fully saturated rings. The number of nitrogens with zero attached hydrogens (tertiary/aromatic N) is 1. The summed E-state index contributed by atoms with van der Waals surface area (Å²) in [6, 6.07) is 11.1. The molecular formula is C22H30ClN3O5P-. The Kier molecular flexibility index (Phi) is 10.4. The molecule has 32 heavy (non-hydrogen) atoms. The van der Waals surface area contributed by atoms with E-state index in [4.69, 9.17) is 16.3 Å². The number of rotatable bonds is 9. The number of carbonyl (C=O) groups is 1. The molecule has 0 aliphatic rings. The first-order valence-corrected chi connectivity index (χ1v) is 11.6. The number of halogens is 1. The predicted molar refractivity (Wildman–Crippen MR) is 130 cm³/mol. The van der Waals surface area contributed by atoms with Crippen molar-refractivity contribution in [1.82, 2.24) is 10.3 Å². The Labute approximate surface area is 193 Å². The van der Waals surface area contributed by atoms with Crippen LogP contribution in [0, 0.1) is 0 Å². The van der Waals surface area contributed by atoms with Crippen LogP contribution in [0.25, 0.3) is 21.8 Å². The first kappa shape index (κ1) is 27.7. The molecule has 0 spiro atoms. The minimum absolute atomic E-state index is 0. The third-order valence-corrected chi connectivity index (χ3v) is 5.23. The van der Waals surface area contributed by atoms with Crippen molar-refractivity contribution in [2.45, 2.75) is 21.3 Å². The average molecular weight is 483 g/mol. The molecule has 1 atom stereocenters. The van der Waals surface area contributed by atoms with E-state index >= 15 is 0 Å². The zero-order valence-corrected chi connectivity index (χ0v) is 18.3. The van der Waals surface area contributed by atoms with Gasteiger partial charge in [0.2, 0.25) is 5.91 Å². The maximum absolute atomic E-state index is 12.0. The molecule has 3 aromatic rings. The van der Waals surface area contributed by atoms with Gasteiger partial charge in [0.05, 0.1) is 30.4 Å². The van der Waals surface area contributed by atoms with Gasteiger partial charge in [0.1, 0.15) is 13.3 Å². The van der Waals surface area contributed by atoms with Gasteiger partial charge >= 0.3 is 0 Å². The van der Waals surface area contributed by atoms with Crippen molar-refractivity contribution < 1.29 is 23.5 Å². The number of aromatic nitrogens is 1. The number of hydrogen-bond acceptors (Lipinski definition) is 7. The van der Waals surface area contributed by atoms with E-state index < -0.39 is 7.60 Å². The standard InChI is InChI=1S/C20H23ClN3O5P.2CH4/c1-28-14-4-6-17-16(12-14)20(15-5-3-13(21)11-18(15)24-17)23-8-7-19(25)22-9-10-29-30(2,26)27;;/h3-6,11-12H,7-10H2,1-2H3,(H,22,25)(H,23,24)(H,26,27);2*1H4/p-1.